The molecule has 1 aromatic heterocycles. The molecule has 1 rings (SSSR count). The van der Waals surface area contributed by atoms with E-state index in [9.17, 15) is 4.79 Å². The highest BCUT2D eigenvalue weighted by Crippen LogP contribution is 2.07. The fraction of sp³-hybridized carbons (Fsp3) is 0.556. The van der Waals surface area contributed by atoms with Crippen molar-refractivity contribution in [3.8, 4) is 0 Å². The van der Waals surface area contributed by atoms with Crippen LogP contribution in [0.2, 0.25) is 0 Å². The van der Waals surface area contributed by atoms with E-state index < -0.39 is 0 Å². The van der Waals surface area contributed by atoms with Gasteiger partial charge in [0.1, 0.15) is 12.4 Å². The average Bonchev–Trinajstić information content (AvgIpc) is 2.59. The van der Waals surface area contributed by atoms with Crippen LogP contribution in [0.1, 0.15) is 5.56 Å². The van der Waals surface area contributed by atoms with Crippen LogP contribution in [-0.2, 0) is 14.3 Å². The van der Waals surface area contributed by atoms with E-state index >= 15 is 0 Å². The van der Waals surface area contributed by atoms with Gasteiger partial charge in [0.15, 0.2) is 0 Å². The molecule has 0 aliphatic carbocycles. The van der Waals surface area contributed by atoms with E-state index in [1.165, 1.54) is 0 Å². The largest absolute Gasteiger partial charge is 0.382 e. The molecule has 84 valence electrons. The number of hydrogen-bond acceptors (Lipinski definition) is 4. The van der Waals surface area contributed by atoms with Gasteiger partial charge in [0.05, 0.1) is 19.4 Å². The maximum absolute atomic E-state index is 11.3. The molecule has 0 spiro atoms. The lowest BCUT2D eigenvalue weighted by atomic mass is 10.4. The van der Waals surface area contributed by atoms with Gasteiger partial charge in [-0.15, -0.1) is 0 Å². The van der Waals surface area contributed by atoms with Crippen molar-refractivity contribution in [1.82, 2.24) is 10.2 Å². The number of carbonyl (C=O) groups excluding carboxylic acids is 1. The van der Waals surface area contributed by atoms with Gasteiger partial charge >= 0.3 is 0 Å². The van der Waals surface area contributed by atoms with Gasteiger partial charge in [0.25, 0.3) is 5.91 Å². The maximum atomic E-state index is 11.3. The molecule has 0 saturated carbocycles. The van der Waals surface area contributed by atoms with Gasteiger partial charge in [0, 0.05) is 12.7 Å². The summed E-state index contributed by atoms with van der Waals surface area (Å²) < 4.78 is 9.83. The first-order valence-corrected chi connectivity index (χ1v) is 4.60. The second kappa shape index (κ2) is 6.15. The zero-order chi connectivity index (χ0) is 11.1. The molecule has 1 aromatic rings. The summed E-state index contributed by atoms with van der Waals surface area (Å²) in [5.74, 6) is 0.397. The number of nitrogens with zero attached hydrogens (tertiary/aromatic N) is 1. The van der Waals surface area contributed by atoms with Crippen LogP contribution in [0.4, 0.5) is 5.82 Å². The Hall–Kier alpha value is -1.40. The first-order valence-electron chi connectivity index (χ1n) is 4.60. The van der Waals surface area contributed by atoms with Crippen LogP contribution < -0.4 is 5.32 Å². The van der Waals surface area contributed by atoms with Crippen LogP contribution in [-0.4, -0.2) is 43.0 Å². The van der Waals surface area contributed by atoms with Crippen molar-refractivity contribution in [3.63, 3.8) is 0 Å². The Morgan fingerprint density at radius 3 is 3.00 bits per heavy atom. The fourth-order valence-electron chi connectivity index (χ4n) is 0.956. The summed E-state index contributed by atoms with van der Waals surface area (Å²) in [4.78, 5) is 11.3. The van der Waals surface area contributed by atoms with Gasteiger partial charge in [-0.2, -0.15) is 5.10 Å². The third kappa shape index (κ3) is 4.09. The SMILES string of the molecule is COCCOCC(=O)Nc1[nH]ncc1C. The van der Waals surface area contributed by atoms with E-state index in [-0.39, 0.29) is 12.5 Å². The Morgan fingerprint density at radius 1 is 1.60 bits per heavy atom. The van der Waals surface area contributed by atoms with Crippen molar-refractivity contribution in [2.24, 2.45) is 0 Å². The number of ether oxygens (including phenoxy) is 2. The topological polar surface area (TPSA) is 76.2 Å². The zero-order valence-electron chi connectivity index (χ0n) is 8.87. The van der Waals surface area contributed by atoms with Gasteiger partial charge in [-0.25, -0.2) is 0 Å². The van der Waals surface area contributed by atoms with Crippen LogP contribution in [0.25, 0.3) is 0 Å². The maximum Gasteiger partial charge on any atom is 0.251 e. The molecule has 6 nitrogen and oxygen atoms in total. The predicted molar refractivity (Wildman–Crippen MR) is 54.6 cm³/mol. The molecule has 0 atom stereocenters. The first kappa shape index (κ1) is 11.7. The normalized spacial score (nSPS) is 10.3. The summed E-state index contributed by atoms with van der Waals surface area (Å²) in [5, 5.41) is 9.10. The molecular formula is C9H15N3O3. The highest BCUT2D eigenvalue weighted by molar-refractivity contribution is 5.91. The molecule has 0 saturated heterocycles. The monoisotopic (exact) mass is 213 g/mol. The summed E-state index contributed by atoms with van der Waals surface area (Å²) in [6, 6.07) is 0. The lowest BCUT2D eigenvalue weighted by Crippen LogP contribution is -2.20. The van der Waals surface area contributed by atoms with Gasteiger partial charge in [-0.05, 0) is 6.92 Å². The molecule has 0 bridgehead atoms. The van der Waals surface area contributed by atoms with Crippen molar-refractivity contribution >= 4 is 11.7 Å². The van der Waals surface area contributed by atoms with Crippen LogP contribution in [0.15, 0.2) is 6.20 Å². The van der Waals surface area contributed by atoms with Gasteiger partial charge in [-0.1, -0.05) is 0 Å². The van der Waals surface area contributed by atoms with Crippen LogP contribution in [0.5, 0.6) is 0 Å². The first-order chi connectivity index (χ1) is 7.24. The van der Waals surface area contributed by atoms with E-state index in [1.54, 1.807) is 13.3 Å². The number of methoxy groups -OCH3 is 1. The minimum absolute atomic E-state index is 0.0157. The van der Waals surface area contributed by atoms with Crippen LogP contribution >= 0.6 is 0 Å². The molecule has 0 aliphatic heterocycles. The Labute approximate surface area is 88.0 Å². The number of rotatable bonds is 6. The minimum atomic E-state index is -0.210. The van der Waals surface area contributed by atoms with Crippen molar-refractivity contribution in [1.29, 1.82) is 0 Å². The third-order valence-electron chi connectivity index (χ3n) is 1.76. The number of aryl methyl sites for hydroxylation is 1. The van der Waals surface area contributed by atoms with E-state index in [1.807, 2.05) is 6.92 Å². The highest BCUT2D eigenvalue weighted by Gasteiger charge is 2.05. The Bertz CT molecular complexity index is 311. The molecule has 0 fully saturated rings. The molecule has 15 heavy (non-hydrogen) atoms. The van der Waals surface area contributed by atoms with Crippen molar-refractivity contribution < 1.29 is 14.3 Å². The number of H-pyrrole nitrogens is 1. The Morgan fingerprint density at radius 2 is 2.40 bits per heavy atom. The van der Waals surface area contributed by atoms with Gasteiger partial charge in [-0.3, -0.25) is 9.89 Å². The lowest BCUT2D eigenvalue weighted by Gasteiger charge is -2.04. The smallest absolute Gasteiger partial charge is 0.251 e. The molecule has 1 amide bonds. The van der Waals surface area contributed by atoms with Crippen LogP contribution in [0, 0.1) is 6.92 Å². The molecule has 1 heterocycles. The number of aromatic nitrogens is 2. The molecule has 0 unspecified atom stereocenters. The van der Waals surface area contributed by atoms with E-state index in [4.69, 9.17) is 9.47 Å². The predicted octanol–water partition coefficient (Wildman–Crippen LogP) is 0.320. The van der Waals surface area contributed by atoms with Crippen molar-refractivity contribution in [3.05, 3.63) is 11.8 Å². The summed E-state index contributed by atoms with van der Waals surface area (Å²) in [7, 11) is 1.58. The number of nitrogens with one attached hydrogen (secondary N) is 2. The summed E-state index contributed by atoms with van der Waals surface area (Å²) >= 11 is 0. The summed E-state index contributed by atoms with van der Waals surface area (Å²) in [6.45, 7) is 2.76. The number of amides is 1. The van der Waals surface area contributed by atoms with Crippen LogP contribution in [0.3, 0.4) is 0 Å². The Kier molecular flexibility index (Phi) is 4.79. The van der Waals surface area contributed by atoms with E-state index in [0.717, 1.165) is 5.56 Å². The molecule has 0 aliphatic rings. The molecule has 6 heteroatoms. The second-order valence-corrected chi connectivity index (χ2v) is 3.02. The summed E-state index contributed by atoms with van der Waals surface area (Å²) in [6.07, 6.45) is 1.64. The summed E-state index contributed by atoms with van der Waals surface area (Å²) in [5.41, 5.74) is 0.889. The van der Waals surface area contributed by atoms with E-state index in [2.05, 4.69) is 15.5 Å². The van der Waals surface area contributed by atoms with E-state index in [0.29, 0.717) is 19.0 Å². The number of carbonyl (C=O) groups is 1. The van der Waals surface area contributed by atoms with Gasteiger partial charge < -0.3 is 14.8 Å². The lowest BCUT2D eigenvalue weighted by molar-refractivity contribution is -0.121. The number of aromatic amines is 1. The quantitative estimate of drug-likeness (QED) is 0.667. The average molecular weight is 213 g/mol. The van der Waals surface area contributed by atoms with Crippen molar-refractivity contribution in [2.45, 2.75) is 6.92 Å². The van der Waals surface area contributed by atoms with Gasteiger partial charge in [0.2, 0.25) is 0 Å². The highest BCUT2D eigenvalue weighted by atomic mass is 16.5. The number of hydrogen-bond donors (Lipinski definition) is 2. The van der Waals surface area contributed by atoms with Crippen molar-refractivity contribution in [2.75, 3.05) is 32.2 Å². The third-order valence-corrected chi connectivity index (χ3v) is 1.76. The standard InChI is InChI=1S/C9H15N3O3/c1-7-5-10-12-9(7)11-8(13)6-15-4-3-14-2/h5H,3-4,6H2,1-2H3,(H2,10,11,12,13). The fourth-order valence-corrected chi connectivity index (χ4v) is 0.956. The molecular weight excluding hydrogens is 198 g/mol. The number of anilines is 1. The molecule has 0 aromatic carbocycles. The molecule has 0 radical (unpaired) electrons. The second-order valence-electron chi connectivity index (χ2n) is 3.02. The minimum Gasteiger partial charge on any atom is -0.382 e. The molecule has 2 N–H and O–H groups in total. The Balaban J connectivity index is 2.22. The zero-order valence-corrected chi connectivity index (χ0v) is 8.87.